The zero-order valence-corrected chi connectivity index (χ0v) is 32.2. The molecule has 1 saturated carbocycles. The number of hydrogen-bond donors (Lipinski definition) is 1. The smallest absolute Gasteiger partial charge is 0.103 e. The topological polar surface area (TPSA) is 15.3 Å². The number of para-hydroxylation sites is 2. The molecule has 0 bridgehead atoms. The van der Waals surface area contributed by atoms with Gasteiger partial charge in [-0.25, -0.2) is 0 Å². The minimum atomic E-state index is 0.201. The number of thiophene rings is 1. The third-order valence-corrected chi connectivity index (χ3v) is 14.3. The van der Waals surface area contributed by atoms with E-state index in [9.17, 15) is 0 Å². The third-order valence-electron chi connectivity index (χ3n) is 11.9. The summed E-state index contributed by atoms with van der Waals surface area (Å²) < 4.78 is 2.73. The van der Waals surface area contributed by atoms with Crippen molar-refractivity contribution in [1.82, 2.24) is 0 Å². The molecule has 1 aliphatic carbocycles. The lowest BCUT2D eigenvalue weighted by atomic mass is 9.84. The molecule has 11 rings (SSSR count). The molecule has 1 atom stereocenters. The second kappa shape index (κ2) is 13.6. The molecule has 266 valence electrons. The second-order valence-corrected chi connectivity index (χ2v) is 17.4. The summed E-state index contributed by atoms with van der Waals surface area (Å²) in [6.45, 7) is 0. The summed E-state index contributed by atoms with van der Waals surface area (Å²) in [5.74, 6) is 0.709. The van der Waals surface area contributed by atoms with E-state index in [4.69, 9.17) is 0 Å². The molecule has 2 aliphatic rings. The highest BCUT2D eigenvalue weighted by molar-refractivity contribution is 8.00. The third kappa shape index (κ3) is 5.78. The fourth-order valence-corrected chi connectivity index (χ4v) is 11.6. The molecule has 9 aromatic rings. The van der Waals surface area contributed by atoms with Crippen molar-refractivity contribution < 1.29 is 0 Å². The van der Waals surface area contributed by atoms with Crippen LogP contribution in [0.25, 0.3) is 52.8 Å². The Balaban J connectivity index is 1.01. The Labute approximate surface area is 330 Å². The van der Waals surface area contributed by atoms with Gasteiger partial charge in [0.05, 0.1) is 5.69 Å². The van der Waals surface area contributed by atoms with Gasteiger partial charge in [0.25, 0.3) is 0 Å². The van der Waals surface area contributed by atoms with Crippen LogP contribution in [0.4, 0.5) is 22.7 Å². The van der Waals surface area contributed by atoms with E-state index >= 15 is 0 Å². The molecule has 0 radical (unpaired) electrons. The van der Waals surface area contributed by atoms with Crippen LogP contribution in [0.2, 0.25) is 0 Å². The van der Waals surface area contributed by atoms with E-state index in [1.807, 2.05) is 23.1 Å². The molecular formula is C51H40N2S2. The highest BCUT2D eigenvalue weighted by atomic mass is 32.2. The van der Waals surface area contributed by atoms with Gasteiger partial charge in [-0.1, -0.05) is 140 Å². The van der Waals surface area contributed by atoms with E-state index in [0.29, 0.717) is 5.92 Å². The van der Waals surface area contributed by atoms with Crippen LogP contribution in [0.15, 0.2) is 169 Å². The molecule has 1 aromatic heterocycles. The van der Waals surface area contributed by atoms with E-state index in [2.05, 4.69) is 174 Å². The van der Waals surface area contributed by atoms with Crippen LogP contribution in [0, 0.1) is 0 Å². The average Bonchev–Trinajstić information content (AvgIpc) is 3.86. The van der Waals surface area contributed by atoms with Gasteiger partial charge in [0, 0.05) is 53.1 Å². The Hall–Kier alpha value is -5.55. The van der Waals surface area contributed by atoms with Gasteiger partial charge in [-0.05, 0) is 106 Å². The minimum absolute atomic E-state index is 0.201. The van der Waals surface area contributed by atoms with Crippen LogP contribution in [-0.2, 0) is 0 Å². The van der Waals surface area contributed by atoms with E-state index < -0.39 is 0 Å². The molecule has 55 heavy (non-hydrogen) atoms. The molecule has 0 amide bonds. The van der Waals surface area contributed by atoms with Gasteiger partial charge < -0.3 is 10.2 Å². The molecule has 2 nitrogen and oxygen atoms in total. The highest BCUT2D eigenvalue weighted by Gasteiger charge is 2.26. The number of nitrogens with one attached hydrogen (secondary N) is 1. The fraction of sp³-hybridized carbons (Fsp3) is 0.137. The van der Waals surface area contributed by atoms with Gasteiger partial charge in [-0.2, -0.15) is 0 Å². The molecule has 0 spiro atoms. The number of nitrogens with zero attached hydrogens (tertiary/aromatic N) is 1. The molecule has 1 unspecified atom stereocenters. The van der Waals surface area contributed by atoms with Crippen molar-refractivity contribution in [1.29, 1.82) is 0 Å². The molecule has 1 N–H and O–H groups in total. The lowest BCUT2D eigenvalue weighted by Gasteiger charge is -2.28. The summed E-state index contributed by atoms with van der Waals surface area (Å²) in [6, 6.07) is 61.0. The standard InChI is InChI=1S/C51H40N2S2/c1-4-12-33(13-5-1)36-24-29-47-44(31-36)43-26-22-38(32-48(43)54-47)41-18-10-11-19-46(41)53(39-16-8-3-9-17-39)40-25-27-42-37(30-40)21-20-34-23-28-45-50(49(34)42)55-51(52-45)35-14-6-2-7-15-35/h2-3,6-11,14-33,51-52H,1,4-5,12-13H2. The van der Waals surface area contributed by atoms with Crippen molar-refractivity contribution in [3.8, 4) is 11.1 Å². The van der Waals surface area contributed by atoms with E-state index in [-0.39, 0.29) is 5.37 Å². The summed E-state index contributed by atoms with van der Waals surface area (Å²) >= 11 is 3.85. The maximum atomic E-state index is 3.79. The Morgan fingerprint density at radius 1 is 0.527 bits per heavy atom. The van der Waals surface area contributed by atoms with Crippen molar-refractivity contribution in [2.24, 2.45) is 0 Å². The van der Waals surface area contributed by atoms with Crippen molar-refractivity contribution in [2.45, 2.75) is 48.3 Å². The Kier molecular flexibility index (Phi) is 8.14. The van der Waals surface area contributed by atoms with Crippen LogP contribution in [0.1, 0.15) is 54.5 Å². The van der Waals surface area contributed by atoms with Crippen LogP contribution < -0.4 is 10.2 Å². The number of benzene rings is 8. The molecule has 0 saturated heterocycles. The van der Waals surface area contributed by atoms with Crippen LogP contribution in [0.3, 0.4) is 0 Å². The molecule has 4 heteroatoms. The van der Waals surface area contributed by atoms with Crippen molar-refractivity contribution in [2.75, 3.05) is 10.2 Å². The summed E-state index contributed by atoms with van der Waals surface area (Å²) in [7, 11) is 0. The quantitative estimate of drug-likeness (QED) is 0.171. The van der Waals surface area contributed by atoms with Crippen LogP contribution in [-0.4, -0.2) is 0 Å². The number of rotatable bonds is 6. The van der Waals surface area contributed by atoms with Crippen LogP contribution in [0.5, 0.6) is 0 Å². The summed E-state index contributed by atoms with van der Waals surface area (Å²) in [6.07, 6.45) is 6.76. The van der Waals surface area contributed by atoms with Crippen molar-refractivity contribution in [3.63, 3.8) is 0 Å². The Morgan fingerprint density at radius 3 is 2.16 bits per heavy atom. The maximum Gasteiger partial charge on any atom is 0.103 e. The van der Waals surface area contributed by atoms with Gasteiger partial charge in [0.2, 0.25) is 0 Å². The van der Waals surface area contributed by atoms with Gasteiger partial charge in [0.15, 0.2) is 0 Å². The minimum Gasteiger partial charge on any atom is -0.368 e. The van der Waals surface area contributed by atoms with Crippen LogP contribution >= 0.6 is 23.1 Å². The zero-order valence-electron chi connectivity index (χ0n) is 30.5. The zero-order chi connectivity index (χ0) is 36.3. The van der Waals surface area contributed by atoms with Crippen molar-refractivity contribution >= 4 is 87.6 Å². The Bertz CT molecular complexity index is 2870. The number of anilines is 4. The Morgan fingerprint density at radius 2 is 1.29 bits per heavy atom. The summed E-state index contributed by atoms with van der Waals surface area (Å²) in [5.41, 5.74) is 9.95. The van der Waals surface area contributed by atoms with Crippen molar-refractivity contribution in [3.05, 3.63) is 175 Å². The molecule has 2 heterocycles. The highest BCUT2D eigenvalue weighted by Crippen LogP contribution is 2.52. The van der Waals surface area contributed by atoms with E-state index in [1.165, 1.54) is 112 Å². The predicted octanol–water partition coefficient (Wildman–Crippen LogP) is 15.8. The fourth-order valence-electron chi connectivity index (χ4n) is 9.12. The van der Waals surface area contributed by atoms with Gasteiger partial charge in [0.1, 0.15) is 5.37 Å². The first-order chi connectivity index (χ1) is 27.2. The maximum absolute atomic E-state index is 3.79. The first-order valence-electron chi connectivity index (χ1n) is 19.6. The first-order valence-corrected chi connectivity index (χ1v) is 21.3. The molecule has 1 aliphatic heterocycles. The second-order valence-electron chi connectivity index (χ2n) is 15.2. The molecule has 8 aromatic carbocycles. The number of hydrogen-bond acceptors (Lipinski definition) is 4. The average molecular weight is 745 g/mol. The normalized spacial score (nSPS) is 15.8. The van der Waals surface area contributed by atoms with E-state index in [0.717, 1.165) is 11.4 Å². The predicted molar refractivity (Wildman–Crippen MR) is 239 cm³/mol. The van der Waals surface area contributed by atoms with Gasteiger partial charge in [-0.3, -0.25) is 0 Å². The van der Waals surface area contributed by atoms with Gasteiger partial charge in [-0.15, -0.1) is 11.3 Å². The molecular weight excluding hydrogens is 705 g/mol. The SMILES string of the molecule is c1ccc(C2Nc3ccc4ccc5cc(N(c6ccccc6)c6ccccc6-c6ccc7c(c6)sc6ccc(C8CCCCC8)cc67)ccc5c4c3S2)cc1. The van der Waals surface area contributed by atoms with Gasteiger partial charge >= 0.3 is 0 Å². The number of fused-ring (bicyclic) bond motifs is 8. The van der Waals surface area contributed by atoms with E-state index in [1.54, 1.807) is 0 Å². The largest absolute Gasteiger partial charge is 0.368 e. The molecule has 1 fully saturated rings. The number of thioether (sulfide) groups is 1. The summed E-state index contributed by atoms with van der Waals surface area (Å²) in [5, 5.41) is 11.9. The lowest BCUT2D eigenvalue weighted by molar-refractivity contribution is 0.444. The summed E-state index contributed by atoms with van der Waals surface area (Å²) in [4.78, 5) is 3.76. The first kappa shape index (κ1) is 32.8. The monoisotopic (exact) mass is 744 g/mol. The lowest BCUT2D eigenvalue weighted by Crippen LogP contribution is -2.11.